The highest BCUT2D eigenvalue weighted by atomic mass is 16.5. The molecule has 0 aromatic rings. The van der Waals surface area contributed by atoms with Gasteiger partial charge in [-0.3, -0.25) is 0 Å². The maximum atomic E-state index is 9.42. The summed E-state index contributed by atoms with van der Waals surface area (Å²) in [5.74, 6) is -1.22. The Labute approximate surface area is 91.1 Å². The van der Waals surface area contributed by atoms with Crippen LogP contribution in [0.15, 0.2) is 9.98 Å². The van der Waals surface area contributed by atoms with E-state index in [1.165, 1.54) is 6.42 Å². The first-order valence-corrected chi connectivity index (χ1v) is 5.58. The third kappa shape index (κ3) is 5.04. The fourth-order valence-electron chi connectivity index (χ4n) is 1.35. The second-order valence-electron chi connectivity index (χ2n) is 3.90. The normalized spacial score (nSPS) is 24.6. The van der Waals surface area contributed by atoms with Crippen molar-refractivity contribution in [3.05, 3.63) is 0 Å². The van der Waals surface area contributed by atoms with E-state index in [1.807, 2.05) is 0 Å². The van der Waals surface area contributed by atoms with Gasteiger partial charge in [-0.2, -0.15) is 0 Å². The first kappa shape index (κ1) is 12.3. The van der Waals surface area contributed by atoms with Crippen LogP contribution in [0.5, 0.6) is 0 Å². The van der Waals surface area contributed by atoms with Gasteiger partial charge in [0.05, 0.1) is 5.71 Å². The molecule has 0 aliphatic carbocycles. The Morgan fingerprint density at radius 2 is 2.13 bits per heavy atom. The van der Waals surface area contributed by atoms with Gasteiger partial charge in [0.25, 0.3) is 5.85 Å². The molecule has 1 unspecified atom stereocenters. The van der Waals surface area contributed by atoms with Gasteiger partial charge in [0.2, 0.25) is 0 Å². The highest BCUT2D eigenvalue weighted by Crippen LogP contribution is 2.13. The molecule has 0 aromatic heterocycles. The maximum Gasteiger partial charge on any atom is 0.251 e. The Balaban J connectivity index is 2.04. The average molecular weight is 212 g/mol. The van der Waals surface area contributed by atoms with E-state index in [2.05, 4.69) is 16.9 Å². The van der Waals surface area contributed by atoms with Crippen LogP contribution in [0.3, 0.4) is 0 Å². The number of aliphatic hydroxyl groups is 1. The zero-order valence-electron chi connectivity index (χ0n) is 9.57. The van der Waals surface area contributed by atoms with Crippen molar-refractivity contribution in [2.45, 2.75) is 45.4 Å². The highest BCUT2D eigenvalue weighted by molar-refractivity contribution is 6.31. The van der Waals surface area contributed by atoms with E-state index in [4.69, 9.17) is 4.74 Å². The van der Waals surface area contributed by atoms with Crippen molar-refractivity contribution in [2.75, 3.05) is 13.2 Å². The predicted octanol–water partition coefficient (Wildman–Crippen LogP) is 1.77. The van der Waals surface area contributed by atoms with E-state index >= 15 is 0 Å². The van der Waals surface area contributed by atoms with Crippen LogP contribution in [0, 0.1) is 0 Å². The van der Waals surface area contributed by atoms with Gasteiger partial charge in [-0.15, -0.1) is 0 Å². The minimum Gasteiger partial charge on any atom is -0.381 e. The summed E-state index contributed by atoms with van der Waals surface area (Å²) in [5, 5.41) is 9.42. The second-order valence-corrected chi connectivity index (χ2v) is 3.90. The van der Waals surface area contributed by atoms with E-state index < -0.39 is 5.85 Å². The molecule has 1 heterocycles. The molecule has 15 heavy (non-hydrogen) atoms. The molecule has 0 bridgehead atoms. The zero-order chi connectivity index (χ0) is 11.1. The Kier molecular flexibility index (Phi) is 4.91. The highest BCUT2D eigenvalue weighted by Gasteiger charge is 2.21. The van der Waals surface area contributed by atoms with E-state index in [0.717, 1.165) is 38.2 Å². The van der Waals surface area contributed by atoms with Gasteiger partial charge in [-0.05, 0) is 19.3 Å². The van der Waals surface area contributed by atoms with E-state index in [0.29, 0.717) is 0 Å². The molecule has 4 heteroatoms. The van der Waals surface area contributed by atoms with E-state index in [9.17, 15) is 5.11 Å². The molecule has 1 rings (SSSR count). The number of rotatable bonds is 7. The molecule has 0 radical (unpaired) electrons. The second kappa shape index (κ2) is 5.98. The fourth-order valence-corrected chi connectivity index (χ4v) is 1.35. The smallest absolute Gasteiger partial charge is 0.251 e. The summed E-state index contributed by atoms with van der Waals surface area (Å²) in [6.45, 7) is 5.33. The molecule has 0 fully saturated rings. The molecule has 0 amide bonds. The van der Waals surface area contributed by atoms with Crippen molar-refractivity contribution in [3.8, 4) is 0 Å². The van der Waals surface area contributed by atoms with Crippen molar-refractivity contribution in [2.24, 2.45) is 9.98 Å². The van der Waals surface area contributed by atoms with Gasteiger partial charge in [-0.1, -0.05) is 13.3 Å². The SMILES string of the molecule is CCCCOCCCC1=NC(C)(O)N=C1. The van der Waals surface area contributed by atoms with Gasteiger partial charge in [-0.25, -0.2) is 9.98 Å². The van der Waals surface area contributed by atoms with Crippen LogP contribution in [0.4, 0.5) is 0 Å². The van der Waals surface area contributed by atoms with Crippen LogP contribution in [0.1, 0.15) is 39.5 Å². The van der Waals surface area contributed by atoms with Crippen LogP contribution < -0.4 is 0 Å². The van der Waals surface area contributed by atoms with Gasteiger partial charge < -0.3 is 9.84 Å². The molecule has 0 spiro atoms. The Morgan fingerprint density at radius 1 is 1.40 bits per heavy atom. The van der Waals surface area contributed by atoms with Crippen LogP contribution in [0.25, 0.3) is 0 Å². The van der Waals surface area contributed by atoms with Crippen molar-refractivity contribution in [1.82, 2.24) is 0 Å². The number of unbranched alkanes of at least 4 members (excludes halogenated alkanes) is 1. The fraction of sp³-hybridized carbons (Fsp3) is 0.818. The Bertz CT molecular complexity index is 247. The maximum absolute atomic E-state index is 9.42. The van der Waals surface area contributed by atoms with Gasteiger partial charge in [0.1, 0.15) is 0 Å². The molecule has 0 saturated heterocycles. The Morgan fingerprint density at radius 3 is 2.73 bits per heavy atom. The monoisotopic (exact) mass is 212 g/mol. The molecular weight excluding hydrogens is 192 g/mol. The van der Waals surface area contributed by atoms with Gasteiger partial charge >= 0.3 is 0 Å². The summed E-state index contributed by atoms with van der Waals surface area (Å²) < 4.78 is 5.42. The van der Waals surface area contributed by atoms with Crippen molar-refractivity contribution >= 4 is 11.9 Å². The lowest BCUT2D eigenvalue weighted by Gasteiger charge is -2.06. The molecule has 0 saturated carbocycles. The molecule has 86 valence electrons. The molecule has 1 aliphatic heterocycles. The summed E-state index contributed by atoms with van der Waals surface area (Å²) in [6.07, 6.45) is 5.70. The lowest BCUT2D eigenvalue weighted by molar-refractivity contribution is 0.0837. The lowest BCUT2D eigenvalue weighted by atomic mass is 10.2. The molecule has 0 aromatic carbocycles. The summed E-state index contributed by atoms with van der Waals surface area (Å²) in [6, 6.07) is 0. The number of nitrogens with zero attached hydrogens (tertiary/aromatic N) is 2. The lowest BCUT2D eigenvalue weighted by Crippen LogP contribution is -2.14. The number of hydrogen-bond donors (Lipinski definition) is 1. The summed E-state index contributed by atoms with van der Waals surface area (Å²) in [7, 11) is 0. The van der Waals surface area contributed by atoms with Gasteiger partial charge in [0, 0.05) is 26.4 Å². The largest absolute Gasteiger partial charge is 0.381 e. The average Bonchev–Trinajstić information content (AvgIpc) is 2.52. The summed E-state index contributed by atoms with van der Waals surface area (Å²) in [4.78, 5) is 7.91. The topological polar surface area (TPSA) is 54.2 Å². The van der Waals surface area contributed by atoms with Crippen LogP contribution in [-0.2, 0) is 4.74 Å². The molecule has 1 aliphatic rings. The van der Waals surface area contributed by atoms with E-state index in [-0.39, 0.29) is 0 Å². The number of hydrogen-bond acceptors (Lipinski definition) is 4. The van der Waals surface area contributed by atoms with Gasteiger partial charge in [0.15, 0.2) is 0 Å². The van der Waals surface area contributed by atoms with Crippen molar-refractivity contribution in [1.29, 1.82) is 0 Å². The minimum absolute atomic E-state index is 0.759. The summed E-state index contributed by atoms with van der Waals surface area (Å²) in [5.41, 5.74) is 0.860. The number of aliphatic imine (C=N–C) groups is 2. The molecule has 1 atom stereocenters. The molecule has 4 nitrogen and oxygen atoms in total. The van der Waals surface area contributed by atoms with Crippen molar-refractivity contribution in [3.63, 3.8) is 0 Å². The third-order valence-corrected chi connectivity index (χ3v) is 2.18. The predicted molar refractivity (Wildman–Crippen MR) is 61.5 cm³/mol. The molecule has 1 N–H and O–H groups in total. The molecular formula is C11H20N2O2. The summed E-state index contributed by atoms with van der Waals surface area (Å²) >= 11 is 0. The minimum atomic E-state index is -1.22. The van der Waals surface area contributed by atoms with Crippen LogP contribution in [-0.4, -0.2) is 36.1 Å². The first-order valence-electron chi connectivity index (χ1n) is 5.58. The zero-order valence-corrected chi connectivity index (χ0v) is 9.57. The van der Waals surface area contributed by atoms with Crippen LogP contribution >= 0.6 is 0 Å². The van der Waals surface area contributed by atoms with Crippen molar-refractivity contribution < 1.29 is 9.84 Å². The third-order valence-electron chi connectivity index (χ3n) is 2.18. The first-order chi connectivity index (χ1) is 7.14. The van der Waals surface area contributed by atoms with Crippen LogP contribution in [0.2, 0.25) is 0 Å². The standard InChI is InChI=1S/C11H20N2O2/c1-3-4-7-15-8-5-6-10-9-12-11(2,14)13-10/h9,14H,3-8H2,1-2H3. The number of ether oxygens (including phenoxy) is 1. The van der Waals surface area contributed by atoms with E-state index in [1.54, 1.807) is 13.1 Å². The quantitative estimate of drug-likeness (QED) is 0.654. The Hall–Kier alpha value is -0.740.